The van der Waals surface area contributed by atoms with E-state index in [-0.39, 0.29) is 18.4 Å². The lowest BCUT2D eigenvalue weighted by atomic mass is 10.1. The highest BCUT2D eigenvalue weighted by Crippen LogP contribution is 2.19. The van der Waals surface area contributed by atoms with Gasteiger partial charge >= 0.3 is 0 Å². The molecule has 24 heavy (non-hydrogen) atoms. The first kappa shape index (κ1) is 17.5. The molecule has 2 aromatic carbocycles. The minimum Gasteiger partial charge on any atom is -0.483 e. The van der Waals surface area contributed by atoms with Gasteiger partial charge in [-0.25, -0.2) is 0 Å². The van der Waals surface area contributed by atoms with Crippen LogP contribution in [-0.2, 0) is 4.79 Å². The Kier molecular flexibility index (Phi) is 5.95. The molecule has 0 radical (unpaired) electrons. The first-order valence-electron chi connectivity index (χ1n) is 7.88. The average Bonchev–Trinajstić information content (AvgIpc) is 2.54. The fourth-order valence-corrected chi connectivity index (χ4v) is 2.34. The summed E-state index contributed by atoms with van der Waals surface area (Å²) in [5.41, 5.74) is 3.02. The van der Waals surface area contributed by atoms with Crippen molar-refractivity contribution in [3.05, 3.63) is 59.2 Å². The van der Waals surface area contributed by atoms with Crippen LogP contribution in [0.2, 0.25) is 0 Å². The summed E-state index contributed by atoms with van der Waals surface area (Å²) < 4.78 is 5.56. The van der Waals surface area contributed by atoms with Crippen molar-refractivity contribution in [3.8, 4) is 5.75 Å². The molecule has 0 aliphatic carbocycles. The van der Waals surface area contributed by atoms with Gasteiger partial charge in [0.25, 0.3) is 11.8 Å². The van der Waals surface area contributed by atoms with E-state index < -0.39 is 0 Å². The predicted molar refractivity (Wildman–Crippen MR) is 94.5 cm³/mol. The smallest absolute Gasteiger partial charge is 0.262 e. The highest BCUT2D eigenvalue weighted by atomic mass is 16.5. The van der Waals surface area contributed by atoms with Gasteiger partial charge in [-0.15, -0.1) is 0 Å². The van der Waals surface area contributed by atoms with E-state index in [0.29, 0.717) is 23.5 Å². The molecule has 0 fully saturated rings. The number of para-hydroxylation sites is 1. The minimum atomic E-state index is -0.313. The Morgan fingerprint density at radius 1 is 1.08 bits per heavy atom. The highest BCUT2D eigenvalue weighted by molar-refractivity contribution is 6.04. The van der Waals surface area contributed by atoms with Gasteiger partial charge in [0.1, 0.15) is 5.75 Å². The number of aryl methyl sites for hydroxylation is 2. The number of carbonyl (C=O) groups excluding carboxylic acids is 2. The van der Waals surface area contributed by atoms with E-state index in [4.69, 9.17) is 4.74 Å². The monoisotopic (exact) mass is 326 g/mol. The normalized spacial score (nSPS) is 10.1. The molecule has 126 valence electrons. The predicted octanol–water partition coefficient (Wildman–Crippen LogP) is 3.07. The van der Waals surface area contributed by atoms with Crippen LogP contribution in [0.3, 0.4) is 0 Å². The van der Waals surface area contributed by atoms with E-state index in [1.165, 1.54) is 0 Å². The number of carbonyl (C=O) groups is 2. The number of rotatable bonds is 6. The number of hydrogen-bond acceptors (Lipinski definition) is 3. The summed E-state index contributed by atoms with van der Waals surface area (Å²) in [7, 11) is 0. The topological polar surface area (TPSA) is 67.4 Å². The van der Waals surface area contributed by atoms with E-state index in [2.05, 4.69) is 10.6 Å². The Bertz CT molecular complexity index is 741. The Balaban J connectivity index is 2.01. The fraction of sp³-hybridized carbons (Fsp3) is 0.263. The number of ether oxygens (including phenoxy) is 1. The summed E-state index contributed by atoms with van der Waals surface area (Å²) in [5, 5.41) is 5.45. The molecule has 0 atom stereocenters. The first-order valence-corrected chi connectivity index (χ1v) is 7.88. The zero-order valence-corrected chi connectivity index (χ0v) is 14.2. The van der Waals surface area contributed by atoms with Gasteiger partial charge in [0.05, 0.1) is 11.3 Å². The molecule has 5 nitrogen and oxygen atoms in total. The maximum atomic E-state index is 12.1. The molecule has 2 aromatic rings. The molecule has 0 aliphatic rings. The summed E-state index contributed by atoms with van der Waals surface area (Å²) in [6.07, 6.45) is 0. The molecule has 0 aliphatic heterocycles. The van der Waals surface area contributed by atoms with Crippen LogP contribution < -0.4 is 15.4 Å². The number of anilines is 1. The molecule has 2 amide bonds. The molecule has 0 bridgehead atoms. The molecule has 0 saturated carbocycles. The summed E-state index contributed by atoms with van der Waals surface area (Å²) in [6.45, 7) is 6.19. The van der Waals surface area contributed by atoms with E-state index in [0.717, 1.165) is 11.1 Å². The van der Waals surface area contributed by atoms with Gasteiger partial charge in [-0.2, -0.15) is 0 Å². The lowest BCUT2D eigenvalue weighted by Gasteiger charge is -2.12. The molecule has 0 unspecified atom stereocenters. The first-order chi connectivity index (χ1) is 11.5. The lowest BCUT2D eigenvalue weighted by Crippen LogP contribution is -2.26. The molecule has 5 heteroatoms. The lowest BCUT2D eigenvalue weighted by molar-refractivity contribution is -0.118. The second-order valence-electron chi connectivity index (χ2n) is 5.51. The van der Waals surface area contributed by atoms with Crippen LogP contribution in [0.25, 0.3) is 0 Å². The van der Waals surface area contributed by atoms with Crippen LogP contribution in [0.5, 0.6) is 5.75 Å². The molecule has 0 heterocycles. The average molecular weight is 326 g/mol. The molecule has 2 N–H and O–H groups in total. The SMILES string of the molecule is CCNC(=O)c1ccccc1NC(=O)COc1ccc(C)cc1C. The Labute approximate surface area is 142 Å². The third-order valence-corrected chi connectivity index (χ3v) is 3.47. The zero-order chi connectivity index (χ0) is 17.5. The van der Waals surface area contributed by atoms with Crippen LogP contribution in [-0.4, -0.2) is 25.0 Å². The van der Waals surface area contributed by atoms with Crippen LogP contribution in [0.1, 0.15) is 28.4 Å². The molecular formula is C19H22N2O3. The second kappa shape index (κ2) is 8.15. The van der Waals surface area contributed by atoms with Gasteiger partial charge in [0, 0.05) is 6.54 Å². The van der Waals surface area contributed by atoms with Gasteiger partial charge in [-0.3, -0.25) is 9.59 Å². The molecule has 2 rings (SSSR count). The van der Waals surface area contributed by atoms with Crippen molar-refractivity contribution >= 4 is 17.5 Å². The van der Waals surface area contributed by atoms with E-state index in [1.807, 2.05) is 39.0 Å². The van der Waals surface area contributed by atoms with E-state index in [1.54, 1.807) is 24.3 Å². The van der Waals surface area contributed by atoms with Crippen molar-refractivity contribution in [2.45, 2.75) is 20.8 Å². The Morgan fingerprint density at radius 2 is 1.83 bits per heavy atom. The Morgan fingerprint density at radius 3 is 2.54 bits per heavy atom. The van der Waals surface area contributed by atoms with Gasteiger partial charge in [0.15, 0.2) is 6.61 Å². The van der Waals surface area contributed by atoms with Crippen molar-refractivity contribution in [2.75, 3.05) is 18.5 Å². The summed E-state index contributed by atoms with van der Waals surface area (Å²) in [6, 6.07) is 12.7. The number of hydrogen-bond donors (Lipinski definition) is 2. The van der Waals surface area contributed by atoms with Crippen molar-refractivity contribution in [3.63, 3.8) is 0 Å². The van der Waals surface area contributed by atoms with E-state index in [9.17, 15) is 9.59 Å². The van der Waals surface area contributed by atoms with Crippen molar-refractivity contribution in [1.29, 1.82) is 0 Å². The third kappa shape index (κ3) is 4.59. The third-order valence-electron chi connectivity index (χ3n) is 3.47. The van der Waals surface area contributed by atoms with Gasteiger partial charge in [0.2, 0.25) is 0 Å². The molecular weight excluding hydrogens is 304 g/mol. The number of benzene rings is 2. The maximum absolute atomic E-state index is 12.1. The van der Waals surface area contributed by atoms with Crippen LogP contribution in [0, 0.1) is 13.8 Å². The standard InChI is InChI=1S/C19H22N2O3/c1-4-20-19(23)15-7-5-6-8-16(15)21-18(22)12-24-17-10-9-13(2)11-14(17)3/h5-11H,4,12H2,1-3H3,(H,20,23)(H,21,22). The van der Waals surface area contributed by atoms with Gasteiger partial charge in [-0.1, -0.05) is 29.8 Å². The van der Waals surface area contributed by atoms with Crippen LogP contribution in [0.4, 0.5) is 5.69 Å². The molecule has 0 spiro atoms. The van der Waals surface area contributed by atoms with Crippen LogP contribution >= 0.6 is 0 Å². The highest BCUT2D eigenvalue weighted by Gasteiger charge is 2.13. The summed E-state index contributed by atoms with van der Waals surface area (Å²) >= 11 is 0. The van der Waals surface area contributed by atoms with Crippen molar-refractivity contribution < 1.29 is 14.3 Å². The van der Waals surface area contributed by atoms with Gasteiger partial charge < -0.3 is 15.4 Å². The van der Waals surface area contributed by atoms with Crippen molar-refractivity contribution in [1.82, 2.24) is 5.32 Å². The maximum Gasteiger partial charge on any atom is 0.262 e. The van der Waals surface area contributed by atoms with E-state index >= 15 is 0 Å². The molecule has 0 aromatic heterocycles. The fourth-order valence-electron chi connectivity index (χ4n) is 2.34. The number of amides is 2. The Hall–Kier alpha value is -2.82. The van der Waals surface area contributed by atoms with Gasteiger partial charge in [-0.05, 0) is 44.5 Å². The second-order valence-corrected chi connectivity index (χ2v) is 5.51. The minimum absolute atomic E-state index is 0.117. The van der Waals surface area contributed by atoms with Crippen LogP contribution in [0.15, 0.2) is 42.5 Å². The summed E-state index contributed by atoms with van der Waals surface area (Å²) in [4.78, 5) is 24.1. The number of nitrogens with one attached hydrogen (secondary N) is 2. The summed E-state index contributed by atoms with van der Waals surface area (Å²) in [5.74, 6) is 0.142. The quantitative estimate of drug-likeness (QED) is 0.857. The zero-order valence-electron chi connectivity index (χ0n) is 14.2. The largest absolute Gasteiger partial charge is 0.483 e. The molecule has 0 saturated heterocycles. The van der Waals surface area contributed by atoms with Crippen molar-refractivity contribution in [2.24, 2.45) is 0 Å².